The van der Waals surface area contributed by atoms with Gasteiger partial charge in [-0.05, 0) is 37.3 Å². The van der Waals surface area contributed by atoms with E-state index < -0.39 is 0 Å². The Balaban J connectivity index is 2.56. The quantitative estimate of drug-likeness (QED) is 0.314. The van der Waals surface area contributed by atoms with Gasteiger partial charge in [0.05, 0.1) is 7.11 Å². The minimum absolute atomic E-state index is 0.284. The van der Waals surface area contributed by atoms with E-state index in [-0.39, 0.29) is 6.04 Å². The molecule has 0 aromatic heterocycles. The summed E-state index contributed by atoms with van der Waals surface area (Å²) in [6.07, 6.45) is 6.01. The average molecular weight is 234 g/mol. The van der Waals surface area contributed by atoms with E-state index in [1.807, 2.05) is 24.3 Å². The summed E-state index contributed by atoms with van der Waals surface area (Å²) in [7, 11) is 1.70. The van der Waals surface area contributed by atoms with Crippen LogP contribution in [0.4, 0.5) is 0 Å². The molecule has 0 aliphatic rings. The monoisotopic (exact) mass is 234 g/mol. The fourth-order valence-corrected chi connectivity index (χ4v) is 1.89. The highest BCUT2D eigenvalue weighted by Gasteiger charge is 2.10. The normalized spacial score (nSPS) is 12.1. The van der Waals surface area contributed by atoms with E-state index in [4.69, 9.17) is 10.6 Å². The average Bonchev–Trinajstić information content (AvgIpc) is 2.38. The highest BCUT2D eigenvalue weighted by atomic mass is 16.5. The Morgan fingerprint density at radius 1 is 1.47 bits per heavy atom. The van der Waals surface area contributed by atoms with Crippen molar-refractivity contribution in [3.8, 4) is 5.75 Å². The van der Waals surface area contributed by atoms with Gasteiger partial charge in [0.1, 0.15) is 5.75 Å². The van der Waals surface area contributed by atoms with E-state index in [0.717, 1.165) is 31.4 Å². The third-order valence-corrected chi connectivity index (χ3v) is 2.86. The lowest BCUT2D eigenvalue weighted by molar-refractivity contribution is 0.402. The molecule has 0 radical (unpaired) electrons. The van der Waals surface area contributed by atoms with E-state index >= 15 is 0 Å². The van der Waals surface area contributed by atoms with Gasteiger partial charge in [-0.3, -0.25) is 11.3 Å². The smallest absolute Gasteiger partial charge is 0.122 e. The number of nitrogens with one attached hydrogen (secondary N) is 1. The lowest BCUT2D eigenvalue weighted by atomic mass is 10.0. The molecule has 0 aliphatic carbocycles. The maximum Gasteiger partial charge on any atom is 0.122 e. The number of methoxy groups -OCH3 is 1. The van der Waals surface area contributed by atoms with E-state index in [1.54, 1.807) is 7.11 Å². The number of unbranched alkanes of at least 4 members (excludes halogenated alkanes) is 1. The molecule has 17 heavy (non-hydrogen) atoms. The molecule has 3 N–H and O–H groups in total. The van der Waals surface area contributed by atoms with Crippen LogP contribution < -0.4 is 16.0 Å². The Hall–Kier alpha value is -1.32. The molecule has 1 aromatic carbocycles. The molecule has 0 bridgehead atoms. The van der Waals surface area contributed by atoms with Crippen LogP contribution in [0.5, 0.6) is 5.75 Å². The van der Waals surface area contributed by atoms with E-state index in [0.29, 0.717) is 0 Å². The Kier molecular flexibility index (Phi) is 6.37. The number of hydrogen-bond donors (Lipinski definition) is 2. The van der Waals surface area contributed by atoms with Gasteiger partial charge in [-0.2, -0.15) is 0 Å². The van der Waals surface area contributed by atoms with Crippen molar-refractivity contribution in [2.45, 2.75) is 31.7 Å². The Labute approximate surface area is 104 Å². The number of para-hydroxylation sites is 1. The van der Waals surface area contributed by atoms with Crippen LogP contribution in [-0.4, -0.2) is 13.2 Å². The molecule has 0 amide bonds. The molecule has 0 aliphatic heterocycles. The van der Waals surface area contributed by atoms with Crippen molar-refractivity contribution in [3.63, 3.8) is 0 Å². The van der Waals surface area contributed by atoms with Crippen LogP contribution in [-0.2, 0) is 6.42 Å². The van der Waals surface area contributed by atoms with Gasteiger partial charge in [0, 0.05) is 6.04 Å². The van der Waals surface area contributed by atoms with Gasteiger partial charge in [-0.15, -0.1) is 6.58 Å². The minimum atomic E-state index is 0.284. The molecule has 94 valence electrons. The van der Waals surface area contributed by atoms with Crippen molar-refractivity contribution in [2.24, 2.45) is 5.84 Å². The van der Waals surface area contributed by atoms with Crippen LogP contribution >= 0.6 is 0 Å². The molecule has 0 saturated heterocycles. The summed E-state index contributed by atoms with van der Waals surface area (Å²) in [6.45, 7) is 3.72. The topological polar surface area (TPSA) is 47.3 Å². The molecule has 3 nitrogen and oxygen atoms in total. The molecular weight excluding hydrogens is 212 g/mol. The van der Waals surface area contributed by atoms with Crippen LogP contribution in [0.3, 0.4) is 0 Å². The van der Waals surface area contributed by atoms with Gasteiger partial charge >= 0.3 is 0 Å². The summed E-state index contributed by atoms with van der Waals surface area (Å²) in [6, 6.07) is 8.34. The molecule has 0 fully saturated rings. The Morgan fingerprint density at radius 3 is 2.88 bits per heavy atom. The zero-order chi connectivity index (χ0) is 12.5. The van der Waals surface area contributed by atoms with Gasteiger partial charge in [-0.1, -0.05) is 24.3 Å². The summed E-state index contributed by atoms with van der Waals surface area (Å²) >= 11 is 0. The predicted octanol–water partition coefficient (Wildman–Crippen LogP) is 2.43. The maximum atomic E-state index is 5.58. The molecule has 0 saturated carbocycles. The number of allylic oxidation sites excluding steroid dienone is 1. The number of hydrogen-bond acceptors (Lipinski definition) is 3. The van der Waals surface area contributed by atoms with Gasteiger partial charge in [0.25, 0.3) is 0 Å². The number of benzene rings is 1. The zero-order valence-electron chi connectivity index (χ0n) is 10.5. The second kappa shape index (κ2) is 7.87. The number of ether oxygens (including phenoxy) is 1. The molecule has 0 heterocycles. The first-order valence-electron chi connectivity index (χ1n) is 6.00. The van der Waals surface area contributed by atoms with E-state index in [1.165, 1.54) is 5.56 Å². The van der Waals surface area contributed by atoms with Crippen LogP contribution in [0.15, 0.2) is 36.9 Å². The molecule has 1 aromatic rings. The predicted molar refractivity (Wildman–Crippen MR) is 71.9 cm³/mol. The first-order chi connectivity index (χ1) is 8.31. The lowest BCUT2D eigenvalue weighted by Crippen LogP contribution is -2.36. The standard InChI is InChI=1S/C14H22N2O/c1-3-4-5-9-13(16-15)11-12-8-6-7-10-14(12)17-2/h3,6-8,10,13,16H,1,4-5,9,11,15H2,2H3. The van der Waals surface area contributed by atoms with Crippen LogP contribution in [0.2, 0.25) is 0 Å². The molecule has 1 unspecified atom stereocenters. The van der Waals surface area contributed by atoms with Crippen molar-refractivity contribution in [2.75, 3.05) is 7.11 Å². The molecular formula is C14H22N2O. The van der Waals surface area contributed by atoms with Gasteiger partial charge in [0.2, 0.25) is 0 Å². The third kappa shape index (κ3) is 4.59. The summed E-state index contributed by atoms with van der Waals surface area (Å²) < 4.78 is 5.33. The minimum Gasteiger partial charge on any atom is -0.496 e. The fraction of sp³-hybridized carbons (Fsp3) is 0.429. The van der Waals surface area contributed by atoms with Crippen LogP contribution in [0.25, 0.3) is 0 Å². The highest BCUT2D eigenvalue weighted by Crippen LogP contribution is 2.20. The summed E-state index contributed by atoms with van der Waals surface area (Å²) in [4.78, 5) is 0. The SMILES string of the molecule is C=CCCCC(Cc1ccccc1OC)NN. The third-order valence-electron chi connectivity index (χ3n) is 2.86. The molecule has 1 rings (SSSR count). The van der Waals surface area contributed by atoms with E-state index in [9.17, 15) is 0 Å². The number of nitrogens with two attached hydrogens (primary N) is 1. The van der Waals surface area contributed by atoms with Crippen molar-refractivity contribution in [3.05, 3.63) is 42.5 Å². The summed E-state index contributed by atoms with van der Waals surface area (Å²) in [5.74, 6) is 6.51. The number of hydrazine groups is 1. The second-order valence-corrected chi connectivity index (χ2v) is 4.10. The zero-order valence-corrected chi connectivity index (χ0v) is 10.5. The number of rotatable bonds is 8. The van der Waals surface area contributed by atoms with Crippen molar-refractivity contribution in [1.29, 1.82) is 0 Å². The van der Waals surface area contributed by atoms with Crippen molar-refractivity contribution >= 4 is 0 Å². The highest BCUT2D eigenvalue weighted by molar-refractivity contribution is 5.33. The Bertz CT molecular complexity index is 339. The van der Waals surface area contributed by atoms with E-state index in [2.05, 4.69) is 18.1 Å². The van der Waals surface area contributed by atoms with Crippen molar-refractivity contribution in [1.82, 2.24) is 5.43 Å². The summed E-state index contributed by atoms with van der Waals surface area (Å²) in [5.41, 5.74) is 4.06. The van der Waals surface area contributed by atoms with Crippen molar-refractivity contribution < 1.29 is 4.74 Å². The summed E-state index contributed by atoms with van der Waals surface area (Å²) in [5, 5.41) is 0. The largest absolute Gasteiger partial charge is 0.496 e. The fourth-order valence-electron chi connectivity index (χ4n) is 1.89. The van der Waals surface area contributed by atoms with Gasteiger partial charge in [0.15, 0.2) is 0 Å². The molecule has 1 atom stereocenters. The first kappa shape index (κ1) is 13.7. The molecule has 0 spiro atoms. The lowest BCUT2D eigenvalue weighted by Gasteiger charge is -2.17. The second-order valence-electron chi connectivity index (χ2n) is 4.10. The maximum absolute atomic E-state index is 5.58. The molecule has 3 heteroatoms. The first-order valence-corrected chi connectivity index (χ1v) is 6.00. The van der Waals surface area contributed by atoms with Gasteiger partial charge < -0.3 is 4.74 Å². The van der Waals surface area contributed by atoms with Gasteiger partial charge in [-0.25, -0.2) is 0 Å². The van der Waals surface area contributed by atoms with Crippen LogP contribution in [0.1, 0.15) is 24.8 Å². The Morgan fingerprint density at radius 2 is 2.24 bits per heavy atom. The van der Waals surface area contributed by atoms with Crippen LogP contribution in [0, 0.1) is 0 Å².